The van der Waals surface area contributed by atoms with Crippen molar-refractivity contribution in [3.8, 4) is 0 Å². The maximum absolute atomic E-state index is 13.0. The highest BCUT2D eigenvalue weighted by Gasteiger charge is 2.44. The Morgan fingerprint density at radius 3 is 2.77 bits per heavy atom. The average molecular weight is 304 g/mol. The van der Waals surface area contributed by atoms with E-state index in [1.165, 1.54) is 12.4 Å². The zero-order valence-electron chi connectivity index (χ0n) is 12.1. The van der Waals surface area contributed by atoms with Gasteiger partial charge in [-0.3, -0.25) is 0 Å². The molecule has 2 saturated heterocycles. The summed E-state index contributed by atoms with van der Waals surface area (Å²) in [6, 6.07) is 0.268. The minimum Gasteiger partial charge on any atom is -0.371 e. The van der Waals surface area contributed by atoms with Crippen LogP contribution in [0.25, 0.3) is 0 Å². The van der Waals surface area contributed by atoms with E-state index < -0.39 is 5.82 Å². The van der Waals surface area contributed by atoms with Crippen LogP contribution in [0.5, 0.6) is 0 Å². The number of ether oxygens (including phenoxy) is 1. The molecule has 0 saturated carbocycles. The van der Waals surface area contributed by atoms with Crippen LogP contribution in [0.4, 0.5) is 10.3 Å². The zero-order valence-corrected chi connectivity index (χ0v) is 12.1. The fourth-order valence-electron chi connectivity index (χ4n) is 3.43. The first-order valence-electron chi connectivity index (χ1n) is 7.45. The molecule has 0 aromatic carbocycles. The smallest absolute Gasteiger partial charge is 0.225 e. The van der Waals surface area contributed by atoms with E-state index in [9.17, 15) is 4.39 Å². The van der Waals surface area contributed by atoms with Crippen LogP contribution in [0.1, 0.15) is 25.3 Å². The maximum atomic E-state index is 13.0. The Morgan fingerprint density at radius 2 is 2.00 bits per heavy atom. The molecule has 2 aromatic rings. The lowest BCUT2D eigenvalue weighted by molar-refractivity contribution is -0.00720. The lowest BCUT2D eigenvalue weighted by atomic mass is 9.89. The molecule has 0 radical (unpaired) electrons. The van der Waals surface area contributed by atoms with Crippen LogP contribution in [0, 0.1) is 5.82 Å². The van der Waals surface area contributed by atoms with E-state index in [0.29, 0.717) is 12.6 Å². The monoisotopic (exact) mass is 304 g/mol. The van der Waals surface area contributed by atoms with Crippen LogP contribution in [0.3, 0.4) is 0 Å². The van der Waals surface area contributed by atoms with E-state index in [4.69, 9.17) is 4.74 Å². The molecule has 2 atom stereocenters. The first-order chi connectivity index (χ1) is 10.7. The minimum atomic E-state index is -0.416. The third-order valence-corrected chi connectivity index (χ3v) is 4.48. The van der Waals surface area contributed by atoms with Gasteiger partial charge in [-0.2, -0.15) is 0 Å². The molecule has 0 N–H and O–H groups in total. The third-order valence-electron chi connectivity index (χ3n) is 4.48. The maximum Gasteiger partial charge on any atom is 0.225 e. The van der Waals surface area contributed by atoms with Crippen molar-refractivity contribution in [3.63, 3.8) is 0 Å². The number of anilines is 1. The van der Waals surface area contributed by atoms with Gasteiger partial charge >= 0.3 is 0 Å². The van der Waals surface area contributed by atoms with Gasteiger partial charge in [0.15, 0.2) is 5.82 Å². The molecule has 2 fully saturated rings. The van der Waals surface area contributed by atoms with Crippen molar-refractivity contribution in [3.05, 3.63) is 30.9 Å². The van der Waals surface area contributed by atoms with Crippen LogP contribution in [-0.4, -0.2) is 50.0 Å². The fourth-order valence-corrected chi connectivity index (χ4v) is 3.43. The van der Waals surface area contributed by atoms with E-state index in [0.717, 1.165) is 32.4 Å². The predicted molar refractivity (Wildman–Crippen MR) is 75.8 cm³/mol. The SMILES string of the molecule is Fc1cnc(N2CCC[C@@]3(C[C@@H](n4cnnc4)CO3)C2)nc1. The summed E-state index contributed by atoms with van der Waals surface area (Å²) in [7, 11) is 0. The number of halogens is 1. The van der Waals surface area contributed by atoms with E-state index in [1.54, 1.807) is 12.7 Å². The highest BCUT2D eigenvalue weighted by Crippen LogP contribution is 2.39. The molecule has 0 bridgehead atoms. The molecule has 22 heavy (non-hydrogen) atoms. The van der Waals surface area contributed by atoms with Crippen molar-refractivity contribution in [1.29, 1.82) is 0 Å². The van der Waals surface area contributed by atoms with Gasteiger partial charge in [0.1, 0.15) is 12.7 Å². The van der Waals surface area contributed by atoms with Gasteiger partial charge in [0.05, 0.1) is 30.6 Å². The van der Waals surface area contributed by atoms with Crippen LogP contribution in [0.2, 0.25) is 0 Å². The van der Waals surface area contributed by atoms with Crippen molar-refractivity contribution >= 4 is 5.95 Å². The number of nitrogens with zero attached hydrogens (tertiary/aromatic N) is 6. The summed E-state index contributed by atoms with van der Waals surface area (Å²) in [6.07, 6.45) is 8.83. The van der Waals surface area contributed by atoms with E-state index in [1.807, 2.05) is 4.57 Å². The molecular weight excluding hydrogens is 287 g/mol. The summed E-state index contributed by atoms with van der Waals surface area (Å²) in [5, 5.41) is 7.73. The summed E-state index contributed by atoms with van der Waals surface area (Å²) in [4.78, 5) is 10.2. The van der Waals surface area contributed by atoms with Crippen LogP contribution in [0.15, 0.2) is 25.0 Å². The summed E-state index contributed by atoms with van der Waals surface area (Å²) < 4.78 is 21.1. The van der Waals surface area contributed by atoms with Gasteiger partial charge in [-0.1, -0.05) is 0 Å². The molecule has 8 heteroatoms. The molecule has 4 rings (SSSR count). The molecule has 116 valence electrons. The normalized spacial score (nSPS) is 28.4. The fraction of sp³-hybridized carbons (Fsp3) is 0.571. The van der Waals surface area contributed by atoms with E-state index in [-0.39, 0.29) is 11.6 Å². The summed E-state index contributed by atoms with van der Waals surface area (Å²) >= 11 is 0. The van der Waals surface area contributed by atoms with E-state index in [2.05, 4.69) is 25.1 Å². The second-order valence-corrected chi connectivity index (χ2v) is 5.99. The standard InChI is InChI=1S/C14H17FN6O/c15-11-5-16-13(17-6-11)20-3-1-2-14(8-20)4-12(7-22-14)21-9-18-19-10-21/h5-6,9-10,12H,1-4,7-8H2/t12-,14-/m1/s1. The first-order valence-corrected chi connectivity index (χ1v) is 7.45. The van der Waals surface area contributed by atoms with Crippen LogP contribution < -0.4 is 4.90 Å². The molecule has 0 amide bonds. The highest BCUT2D eigenvalue weighted by atomic mass is 19.1. The Labute approximate surface area is 127 Å². The number of aromatic nitrogens is 5. The topological polar surface area (TPSA) is 69.0 Å². The van der Waals surface area contributed by atoms with Gasteiger partial charge in [-0.25, -0.2) is 14.4 Å². The minimum absolute atomic E-state index is 0.190. The van der Waals surface area contributed by atoms with Crippen LogP contribution in [-0.2, 0) is 4.74 Å². The summed E-state index contributed by atoms with van der Waals surface area (Å²) in [5.41, 5.74) is -0.190. The quantitative estimate of drug-likeness (QED) is 0.830. The molecule has 1 spiro atoms. The highest BCUT2D eigenvalue weighted by molar-refractivity contribution is 5.31. The molecule has 2 aliphatic rings. The van der Waals surface area contributed by atoms with Crippen molar-refractivity contribution in [2.75, 3.05) is 24.6 Å². The lowest BCUT2D eigenvalue weighted by Crippen LogP contribution is -2.48. The van der Waals surface area contributed by atoms with Crippen molar-refractivity contribution < 1.29 is 9.13 Å². The van der Waals surface area contributed by atoms with E-state index >= 15 is 0 Å². The molecule has 0 aliphatic carbocycles. The van der Waals surface area contributed by atoms with Crippen molar-refractivity contribution in [2.24, 2.45) is 0 Å². The third kappa shape index (κ3) is 2.43. The Kier molecular flexibility index (Phi) is 3.25. The second-order valence-electron chi connectivity index (χ2n) is 5.99. The molecule has 0 unspecified atom stereocenters. The van der Waals surface area contributed by atoms with Gasteiger partial charge in [0, 0.05) is 19.5 Å². The Hall–Kier alpha value is -2.09. The molecule has 4 heterocycles. The summed E-state index contributed by atoms with van der Waals surface area (Å²) in [6.45, 7) is 2.27. The van der Waals surface area contributed by atoms with Gasteiger partial charge in [-0.05, 0) is 12.8 Å². The molecule has 2 aliphatic heterocycles. The Balaban J connectivity index is 1.50. The number of rotatable bonds is 2. The Morgan fingerprint density at radius 1 is 1.23 bits per heavy atom. The second kappa shape index (κ2) is 5.28. The summed E-state index contributed by atoms with van der Waals surface area (Å²) in [5.74, 6) is 0.150. The number of piperidine rings is 1. The first kappa shape index (κ1) is 13.6. The van der Waals surface area contributed by atoms with Crippen molar-refractivity contribution in [1.82, 2.24) is 24.7 Å². The zero-order chi connectivity index (χ0) is 15.0. The lowest BCUT2D eigenvalue weighted by Gasteiger charge is -2.39. The molecule has 2 aromatic heterocycles. The molecule has 7 nitrogen and oxygen atoms in total. The molecular formula is C14H17FN6O. The van der Waals surface area contributed by atoms with Crippen LogP contribution >= 0.6 is 0 Å². The number of hydrogen-bond donors (Lipinski definition) is 0. The van der Waals surface area contributed by atoms with Gasteiger partial charge in [0.25, 0.3) is 0 Å². The predicted octanol–water partition coefficient (Wildman–Crippen LogP) is 1.21. The average Bonchev–Trinajstić information content (AvgIpc) is 3.18. The van der Waals surface area contributed by atoms with Gasteiger partial charge in [0.2, 0.25) is 5.95 Å². The van der Waals surface area contributed by atoms with Gasteiger partial charge in [-0.15, -0.1) is 10.2 Å². The van der Waals surface area contributed by atoms with Gasteiger partial charge < -0.3 is 14.2 Å². The Bertz CT molecular complexity index is 633. The number of hydrogen-bond acceptors (Lipinski definition) is 6. The van der Waals surface area contributed by atoms with Crippen molar-refractivity contribution in [2.45, 2.75) is 30.9 Å². The largest absolute Gasteiger partial charge is 0.371 e.